The smallest absolute Gasteiger partial charge is 0.317 e. The number of hydrogen-bond acceptors (Lipinski definition) is 3. The molecule has 1 unspecified atom stereocenters. The minimum Gasteiger partial charge on any atom is -0.336 e. The van der Waals surface area contributed by atoms with Crippen LogP contribution in [0.25, 0.3) is 0 Å². The lowest BCUT2D eigenvalue weighted by Gasteiger charge is -2.28. The van der Waals surface area contributed by atoms with Gasteiger partial charge in [0.25, 0.3) is 0 Å². The van der Waals surface area contributed by atoms with E-state index in [1.807, 2.05) is 4.90 Å². The molecule has 3 aliphatic rings. The minimum atomic E-state index is 0.143. The van der Waals surface area contributed by atoms with Gasteiger partial charge in [-0.1, -0.05) is 6.07 Å². The summed E-state index contributed by atoms with van der Waals surface area (Å²) in [5.74, 6) is 0. The van der Waals surface area contributed by atoms with Crippen molar-refractivity contribution in [2.75, 3.05) is 32.7 Å². The first-order valence-electron chi connectivity index (χ1n) is 8.56. The highest BCUT2D eigenvalue weighted by Gasteiger charge is 2.48. The van der Waals surface area contributed by atoms with Crippen LogP contribution in [0, 0.1) is 5.41 Å². The average Bonchev–Trinajstić information content (AvgIpc) is 3.02. The fraction of sp³-hybridized carbons (Fsp3) is 0.706. The monoisotopic (exact) mass is 319 g/mol. The molecule has 2 saturated heterocycles. The van der Waals surface area contributed by atoms with Gasteiger partial charge in [0.1, 0.15) is 0 Å². The van der Waals surface area contributed by atoms with Crippen LogP contribution in [0.15, 0.2) is 17.5 Å². The van der Waals surface area contributed by atoms with E-state index in [1.54, 1.807) is 11.3 Å². The number of nitrogens with zero attached hydrogens (tertiary/aromatic N) is 2. The fourth-order valence-electron chi connectivity index (χ4n) is 3.93. The lowest BCUT2D eigenvalue weighted by molar-refractivity contribution is 0.195. The van der Waals surface area contributed by atoms with E-state index >= 15 is 0 Å². The maximum absolute atomic E-state index is 12.4. The Morgan fingerprint density at radius 1 is 1.27 bits per heavy atom. The second-order valence-electron chi connectivity index (χ2n) is 7.13. The van der Waals surface area contributed by atoms with Gasteiger partial charge in [0.2, 0.25) is 0 Å². The quantitative estimate of drug-likeness (QED) is 0.926. The third kappa shape index (κ3) is 2.88. The predicted octanol–water partition coefficient (Wildman–Crippen LogP) is 3.08. The standard InChI is InChI=1S/C17H25N3OS/c21-16(20-10-7-17(13-20)5-6-17)18-12-14(15-4-3-11-22-15)19-8-1-2-9-19/h3-4,11,14H,1-2,5-10,12-13H2,(H,18,21). The number of rotatable bonds is 4. The molecule has 3 heterocycles. The molecule has 1 N–H and O–H groups in total. The molecule has 22 heavy (non-hydrogen) atoms. The summed E-state index contributed by atoms with van der Waals surface area (Å²) in [6, 6.07) is 4.81. The molecule has 2 aliphatic heterocycles. The summed E-state index contributed by atoms with van der Waals surface area (Å²) in [5, 5.41) is 5.34. The van der Waals surface area contributed by atoms with Crippen LogP contribution in [0.4, 0.5) is 4.79 Å². The van der Waals surface area contributed by atoms with Crippen molar-refractivity contribution in [3.8, 4) is 0 Å². The molecule has 1 aliphatic carbocycles. The van der Waals surface area contributed by atoms with Crippen LogP contribution in [0.2, 0.25) is 0 Å². The van der Waals surface area contributed by atoms with E-state index in [2.05, 4.69) is 27.7 Å². The van der Waals surface area contributed by atoms with E-state index in [9.17, 15) is 4.79 Å². The Labute approximate surface area is 136 Å². The zero-order chi connectivity index (χ0) is 15.0. The SMILES string of the molecule is O=C(NCC(c1cccs1)N1CCCC1)N1CCC2(CC2)C1. The van der Waals surface area contributed by atoms with Gasteiger partial charge in [0, 0.05) is 24.5 Å². The molecular weight excluding hydrogens is 294 g/mol. The summed E-state index contributed by atoms with van der Waals surface area (Å²) in [6.45, 7) is 4.98. The van der Waals surface area contributed by atoms with Crippen LogP contribution in [-0.2, 0) is 0 Å². The molecule has 1 aromatic heterocycles. The second-order valence-corrected chi connectivity index (χ2v) is 8.11. The summed E-state index contributed by atoms with van der Waals surface area (Å²) in [5.41, 5.74) is 0.513. The maximum Gasteiger partial charge on any atom is 0.317 e. The van der Waals surface area contributed by atoms with Crippen molar-refractivity contribution < 1.29 is 4.79 Å². The van der Waals surface area contributed by atoms with Crippen molar-refractivity contribution in [3.63, 3.8) is 0 Å². The van der Waals surface area contributed by atoms with E-state index < -0.39 is 0 Å². The van der Waals surface area contributed by atoms with E-state index in [1.165, 1.54) is 37.0 Å². The van der Waals surface area contributed by atoms with Crippen LogP contribution in [-0.4, -0.2) is 48.6 Å². The summed E-state index contributed by atoms with van der Waals surface area (Å²) in [6.07, 6.45) is 6.42. The number of urea groups is 1. The van der Waals surface area contributed by atoms with Crippen molar-refractivity contribution in [1.82, 2.24) is 15.1 Å². The van der Waals surface area contributed by atoms with Gasteiger partial charge in [-0.05, 0) is 62.1 Å². The molecular formula is C17H25N3OS. The Kier molecular flexibility index (Phi) is 3.86. The number of carbonyl (C=O) groups excluding carboxylic acids is 1. The van der Waals surface area contributed by atoms with Crippen molar-refractivity contribution in [2.45, 2.75) is 38.1 Å². The Balaban J connectivity index is 1.36. The number of carbonyl (C=O) groups is 1. The molecule has 4 rings (SSSR count). The largest absolute Gasteiger partial charge is 0.336 e. The summed E-state index contributed by atoms with van der Waals surface area (Å²) < 4.78 is 0. The molecule has 0 bridgehead atoms. The molecule has 2 amide bonds. The van der Waals surface area contributed by atoms with Gasteiger partial charge < -0.3 is 10.2 Å². The molecule has 5 heteroatoms. The van der Waals surface area contributed by atoms with E-state index in [0.717, 1.165) is 32.7 Å². The van der Waals surface area contributed by atoms with Gasteiger partial charge in [-0.2, -0.15) is 0 Å². The second kappa shape index (κ2) is 5.85. The molecule has 0 aromatic carbocycles. The molecule has 0 radical (unpaired) electrons. The lowest BCUT2D eigenvalue weighted by Crippen LogP contribution is -2.43. The normalized spacial score (nSPS) is 24.8. The molecule has 120 valence electrons. The Morgan fingerprint density at radius 2 is 2.09 bits per heavy atom. The third-order valence-electron chi connectivity index (χ3n) is 5.58. The van der Waals surface area contributed by atoms with Crippen LogP contribution in [0.5, 0.6) is 0 Å². The molecule has 1 atom stereocenters. The fourth-order valence-corrected chi connectivity index (χ4v) is 4.79. The van der Waals surface area contributed by atoms with Gasteiger partial charge in [-0.25, -0.2) is 4.79 Å². The van der Waals surface area contributed by atoms with Crippen LogP contribution < -0.4 is 5.32 Å². The van der Waals surface area contributed by atoms with Gasteiger partial charge in [0.05, 0.1) is 6.04 Å². The third-order valence-corrected chi connectivity index (χ3v) is 6.56. The van der Waals surface area contributed by atoms with Crippen molar-refractivity contribution in [3.05, 3.63) is 22.4 Å². The number of nitrogens with one attached hydrogen (secondary N) is 1. The van der Waals surface area contributed by atoms with E-state index in [4.69, 9.17) is 0 Å². The zero-order valence-electron chi connectivity index (χ0n) is 13.1. The highest BCUT2D eigenvalue weighted by Crippen LogP contribution is 2.52. The van der Waals surface area contributed by atoms with Gasteiger partial charge >= 0.3 is 6.03 Å². The first-order valence-corrected chi connectivity index (χ1v) is 9.44. The summed E-state index contributed by atoms with van der Waals surface area (Å²) in [4.78, 5) is 18.4. The van der Waals surface area contributed by atoms with Crippen molar-refractivity contribution in [2.24, 2.45) is 5.41 Å². The minimum absolute atomic E-state index is 0.143. The Bertz CT molecular complexity index is 520. The molecule has 1 saturated carbocycles. The Hall–Kier alpha value is -1.07. The molecule has 3 fully saturated rings. The molecule has 1 spiro atoms. The number of amides is 2. The van der Waals surface area contributed by atoms with Gasteiger partial charge in [-0.3, -0.25) is 4.90 Å². The summed E-state index contributed by atoms with van der Waals surface area (Å²) >= 11 is 1.80. The molecule has 4 nitrogen and oxygen atoms in total. The first kappa shape index (κ1) is 14.5. The van der Waals surface area contributed by atoms with E-state index in [-0.39, 0.29) is 6.03 Å². The van der Waals surface area contributed by atoms with Crippen molar-refractivity contribution >= 4 is 17.4 Å². The van der Waals surface area contributed by atoms with Gasteiger partial charge in [0.15, 0.2) is 0 Å². The van der Waals surface area contributed by atoms with Crippen LogP contribution >= 0.6 is 11.3 Å². The lowest BCUT2D eigenvalue weighted by atomic mass is 10.1. The Morgan fingerprint density at radius 3 is 2.73 bits per heavy atom. The number of hydrogen-bond donors (Lipinski definition) is 1. The average molecular weight is 319 g/mol. The number of thiophene rings is 1. The van der Waals surface area contributed by atoms with Crippen LogP contribution in [0.3, 0.4) is 0 Å². The van der Waals surface area contributed by atoms with E-state index in [0.29, 0.717) is 11.5 Å². The van der Waals surface area contributed by atoms with Crippen molar-refractivity contribution in [1.29, 1.82) is 0 Å². The first-order chi connectivity index (χ1) is 10.8. The van der Waals surface area contributed by atoms with Gasteiger partial charge in [-0.15, -0.1) is 11.3 Å². The topological polar surface area (TPSA) is 35.6 Å². The highest BCUT2D eigenvalue weighted by atomic mass is 32.1. The number of likely N-dealkylation sites (tertiary alicyclic amines) is 2. The zero-order valence-corrected chi connectivity index (χ0v) is 13.9. The summed E-state index contributed by atoms with van der Waals surface area (Å²) in [7, 11) is 0. The predicted molar refractivity (Wildman–Crippen MR) is 89.1 cm³/mol. The molecule has 1 aromatic rings. The van der Waals surface area contributed by atoms with Crippen LogP contribution in [0.1, 0.15) is 43.0 Å². The highest BCUT2D eigenvalue weighted by molar-refractivity contribution is 7.10. The maximum atomic E-state index is 12.4.